The molecule has 0 bridgehead atoms. The summed E-state index contributed by atoms with van der Waals surface area (Å²) in [5, 5.41) is 10.8. The Kier molecular flexibility index (Phi) is 9.24. The third kappa shape index (κ3) is 6.95. The highest BCUT2D eigenvalue weighted by atomic mass is 32.1. The molecule has 2 aliphatic rings. The minimum Gasteiger partial charge on any atom is -0.496 e. The van der Waals surface area contributed by atoms with Gasteiger partial charge in [0.25, 0.3) is 0 Å². The highest BCUT2D eigenvalue weighted by Gasteiger charge is 2.32. The van der Waals surface area contributed by atoms with Crippen molar-refractivity contribution >= 4 is 22.9 Å². The molecule has 2 saturated carbocycles. The number of hydrogen-bond donors (Lipinski definition) is 1. The van der Waals surface area contributed by atoms with E-state index in [1.807, 2.05) is 36.2 Å². The number of aliphatic hydroxyl groups excluding tert-OH is 1. The third-order valence-corrected chi connectivity index (χ3v) is 9.41. The number of hydrogen-bond acceptors (Lipinski definition) is 5. The van der Waals surface area contributed by atoms with Gasteiger partial charge in [-0.25, -0.2) is 4.98 Å². The Morgan fingerprint density at radius 2 is 1.80 bits per heavy atom. The van der Waals surface area contributed by atoms with Crippen LogP contribution in [-0.4, -0.2) is 35.8 Å². The van der Waals surface area contributed by atoms with E-state index in [9.17, 15) is 9.90 Å². The van der Waals surface area contributed by atoms with E-state index in [1.165, 1.54) is 11.1 Å². The van der Waals surface area contributed by atoms with Crippen molar-refractivity contribution in [1.82, 2.24) is 4.98 Å². The maximum absolute atomic E-state index is 13.9. The van der Waals surface area contributed by atoms with Gasteiger partial charge in [0.1, 0.15) is 5.75 Å². The molecule has 5 rings (SSSR count). The molecule has 0 saturated heterocycles. The standard InChI is InChI=1S/C34H40N2O3S/c1-23-19-29(14-17-32(23)39-3)27-10-7-26(8-11-27)22-36(34(38)28-12-15-31(37)16-13-28)30-6-4-5-25(20-30)9-18-33-35-21-24(2)40-33/h4-6,14,17,19-21,26-28,31,37H,7-8,10-13,15-16,22H2,1-3H3/t26-,27-,28-,31-. The van der Waals surface area contributed by atoms with Crippen LogP contribution in [0.5, 0.6) is 5.75 Å². The maximum Gasteiger partial charge on any atom is 0.230 e. The Hall–Kier alpha value is -3.14. The van der Waals surface area contributed by atoms with E-state index in [2.05, 4.69) is 48.0 Å². The molecule has 0 aliphatic heterocycles. The molecule has 40 heavy (non-hydrogen) atoms. The van der Waals surface area contributed by atoms with Gasteiger partial charge in [0.05, 0.1) is 13.2 Å². The van der Waals surface area contributed by atoms with Crippen LogP contribution in [0.25, 0.3) is 0 Å². The maximum atomic E-state index is 13.9. The lowest BCUT2D eigenvalue weighted by Gasteiger charge is -2.36. The molecule has 2 fully saturated rings. The average Bonchev–Trinajstić information content (AvgIpc) is 3.40. The van der Waals surface area contributed by atoms with Crippen LogP contribution in [0.15, 0.2) is 48.7 Å². The van der Waals surface area contributed by atoms with Gasteiger partial charge in [0.15, 0.2) is 5.01 Å². The molecule has 1 heterocycles. The first kappa shape index (κ1) is 28.4. The Morgan fingerprint density at radius 3 is 2.48 bits per heavy atom. The summed E-state index contributed by atoms with van der Waals surface area (Å²) in [4.78, 5) is 21.5. The van der Waals surface area contributed by atoms with Gasteiger partial charge in [-0.05, 0) is 118 Å². The quantitative estimate of drug-likeness (QED) is 0.331. The number of rotatable bonds is 6. The minimum atomic E-state index is -0.275. The average molecular weight is 557 g/mol. The van der Waals surface area contributed by atoms with Gasteiger partial charge >= 0.3 is 0 Å². The molecule has 0 atom stereocenters. The van der Waals surface area contributed by atoms with E-state index in [4.69, 9.17) is 4.74 Å². The van der Waals surface area contributed by atoms with Gasteiger partial charge in [0, 0.05) is 34.8 Å². The predicted octanol–water partition coefficient (Wildman–Crippen LogP) is 7.03. The monoisotopic (exact) mass is 556 g/mol. The largest absolute Gasteiger partial charge is 0.496 e. The lowest BCUT2D eigenvalue weighted by atomic mass is 9.78. The number of anilines is 1. The van der Waals surface area contributed by atoms with Gasteiger partial charge in [-0.3, -0.25) is 4.79 Å². The van der Waals surface area contributed by atoms with Gasteiger partial charge in [0.2, 0.25) is 5.91 Å². The SMILES string of the molecule is COc1ccc([C@H]2CC[C@H](CN(c3cccc(C#Cc4ncc(C)s4)c3)C(=O)[C@H]3CC[C@H](O)CC3)CC2)cc1C. The molecule has 0 radical (unpaired) electrons. The molecule has 2 aliphatic carbocycles. The van der Waals surface area contributed by atoms with Gasteiger partial charge in [-0.15, -0.1) is 11.3 Å². The van der Waals surface area contributed by atoms with Crippen LogP contribution < -0.4 is 9.64 Å². The summed E-state index contributed by atoms with van der Waals surface area (Å²) >= 11 is 1.59. The number of nitrogens with zero attached hydrogens (tertiary/aromatic N) is 2. The van der Waals surface area contributed by atoms with Crippen molar-refractivity contribution in [2.45, 2.75) is 77.2 Å². The summed E-state index contributed by atoms with van der Waals surface area (Å²) in [6.45, 7) is 4.87. The van der Waals surface area contributed by atoms with E-state index in [1.54, 1.807) is 18.4 Å². The van der Waals surface area contributed by atoms with E-state index in [-0.39, 0.29) is 17.9 Å². The molecular weight excluding hydrogens is 516 g/mol. The number of ether oxygens (including phenoxy) is 1. The van der Waals surface area contributed by atoms with E-state index < -0.39 is 0 Å². The Labute approximate surface area is 242 Å². The highest BCUT2D eigenvalue weighted by molar-refractivity contribution is 7.12. The molecular formula is C34H40N2O3S. The second-order valence-electron chi connectivity index (χ2n) is 11.5. The highest BCUT2D eigenvalue weighted by Crippen LogP contribution is 2.38. The summed E-state index contributed by atoms with van der Waals surface area (Å²) in [5.74, 6) is 8.55. The summed E-state index contributed by atoms with van der Waals surface area (Å²) in [7, 11) is 1.72. The zero-order chi connectivity index (χ0) is 28.1. The second-order valence-corrected chi connectivity index (χ2v) is 12.7. The molecule has 1 amide bonds. The van der Waals surface area contributed by atoms with Crippen LogP contribution >= 0.6 is 11.3 Å². The molecule has 1 N–H and O–H groups in total. The Morgan fingerprint density at radius 1 is 1.02 bits per heavy atom. The summed E-state index contributed by atoms with van der Waals surface area (Å²) in [6.07, 6.45) is 8.95. The molecule has 5 nitrogen and oxygen atoms in total. The Balaban J connectivity index is 1.32. The van der Waals surface area contributed by atoms with E-state index in [0.29, 0.717) is 24.7 Å². The van der Waals surface area contributed by atoms with Crippen LogP contribution in [0.1, 0.15) is 83.9 Å². The number of methoxy groups -OCH3 is 1. The molecule has 3 aromatic rings. The van der Waals surface area contributed by atoms with Crippen molar-refractivity contribution < 1.29 is 14.6 Å². The predicted molar refractivity (Wildman–Crippen MR) is 162 cm³/mol. The fourth-order valence-corrected chi connectivity index (χ4v) is 6.87. The van der Waals surface area contributed by atoms with Crippen molar-refractivity contribution in [3.63, 3.8) is 0 Å². The van der Waals surface area contributed by atoms with Crippen molar-refractivity contribution in [3.8, 4) is 17.6 Å². The first-order chi connectivity index (χ1) is 19.4. The third-order valence-electron chi connectivity index (χ3n) is 8.58. The van der Waals surface area contributed by atoms with Crippen LogP contribution in [-0.2, 0) is 4.79 Å². The topological polar surface area (TPSA) is 62.7 Å². The van der Waals surface area contributed by atoms with Crippen LogP contribution in [0.4, 0.5) is 5.69 Å². The molecule has 0 spiro atoms. The normalized spacial score (nSPS) is 22.7. The van der Waals surface area contributed by atoms with Gasteiger partial charge < -0.3 is 14.7 Å². The number of carbonyl (C=O) groups excluding carboxylic acids is 1. The number of aliphatic hydroxyl groups is 1. The van der Waals surface area contributed by atoms with E-state index in [0.717, 1.165) is 72.0 Å². The number of carbonyl (C=O) groups is 1. The number of aromatic nitrogens is 1. The van der Waals surface area contributed by atoms with E-state index >= 15 is 0 Å². The smallest absolute Gasteiger partial charge is 0.230 e. The van der Waals surface area contributed by atoms with Crippen molar-refractivity contribution in [3.05, 3.63) is 75.2 Å². The molecule has 210 valence electrons. The summed E-state index contributed by atoms with van der Waals surface area (Å²) in [5.41, 5.74) is 4.39. The Bertz CT molecular complexity index is 1370. The zero-order valence-corrected chi connectivity index (χ0v) is 24.7. The number of thiazole rings is 1. The molecule has 0 unspecified atom stereocenters. The lowest BCUT2D eigenvalue weighted by molar-refractivity contribution is -0.124. The number of aryl methyl sites for hydroxylation is 2. The van der Waals surface area contributed by atoms with Crippen molar-refractivity contribution in [2.24, 2.45) is 11.8 Å². The van der Waals surface area contributed by atoms with Gasteiger partial charge in [-0.2, -0.15) is 0 Å². The van der Waals surface area contributed by atoms with Crippen LogP contribution in [0.2, 0.25) is 0 Å². The second kappa shape index (κ2) is 13.0. The molecule has 6 heteroatoms. The minimum absolute atomic E-state index is 0.0324. The van der Waals surface area contributed by atoms with Gasteiger partial charge in [-0.1, -0.05) is 24.1 Å². The van der Waals surface area contributed by atoms with Crippen LogP contribution in [0, 0.1) is 37.5 Å². The first-order valence-corrected chi connectivity index (χ1v) is 15.4. The fourth-order valence-electron chi connectivity index (χ4n) is 6.25. The number of benzene rings is 2. The first-order valence-electron chi connectivity index (χ1n) is 14.6. The van der Waals surface area contributed by atoms with Crippen molar-refractivity contribution in [1.29, 1.82) is 0 Å². The summed E-state index contributed by atoms with van der Waals surface area (Å²) < 4.78 is 5.45. The fraction of sp³-hybridized carbons (Fsp3) is 0.471. The lowest BCUT2D eigenvalue weighted by Crippen LogP contribution is -2.41. The molecule has 2 aromatic carbocycles. The zero-order valence-electron chi connectivity index (χ0n) is 23.9. The molecule has 1 aromatic heterocycles. The summed E-state index contributed by atoms with van der Waals surface area (Å²) in [6, 6.07) is 14.7. The number of amides is 1. The van der Waals surface area contributed by atoms with Crippen molar-refractivity contribution in [2.75, 3.05) is 18.6 Å². The van der Waals surface area contributed by atoms with Crippen LogP contribution in [0.3, 0.4) is 0 Å².